The molecule has 2 heterocycles. The number of hydrogen-bond donors (Lipinski definition) is 1. The smallest absolute Gasteiger partial charge is 0.278 e. The van der Waals surface area contributed by atoms with Gasteiger partial charge in [0.05, 0.1) is 0 Å². The van der Waals surface area contributed by atoms with Gasteiger partial charge in [-0.3, -0.25) is 9.59 Å². The summed E-state index contributed by atoms with van der Waals surface area (Å²) in [7, 11) is 0. The van der Waals surface area contributed by atoms with Crippen LogP contribution >= 0.6 is 0 Å². The van der Waals surface area contributed by atoms with Crippen LogP contribution < -0.4 is 10.7 Å². The summed E-state index contributed by atoms with van der Waals surface area (Å²) in [4.78, 5) is 28.4. The van der Waals surface area contributed by atoms with Crippen LogP contribution in [0.25, 0.3) is 5.69 Å². The minimum Gasteiger partial charge on any atom is -0.334 e. The van der Waals surface area contributed by atoms with Crippen LogP contribution in [0.5, 0.6) is 0 Å². The molecule has 0 unspecified atom stereocenters. The topological polar surface area (TPSA) is 67.2 Å². The number of unbranched alkanes of at least 4 members (excludes halogenated alkanes) is 1. The number of para-hydroxylation sites is 1. The van der Waals surface area contributed by atoms with Crippen LogP contribution in [0.4, 0.5) is 4.39 Å². The molecule has 6 nitrogen and oxygen atoms in total. The Bertz CT molecular complexity index is 1030. The van der Waals surface area contributed by atoms with Crippen LogP contribution in [0, 0.1) is 12.7 Å². The Morgan fingerprint density at radius 1 is 1.22 bits per heavy atom. The third-order valence-corrected chi connectivity index (χ3v) is 6.01. The van der Waals surface area contributed by atoms with Crippen LogP contribution in [-0.4, -0.2) is 44.3 Å². The second-order valence-electron chi connectivity index (χ2n) is 10.2. The molecule has 1 fully saturated rings. The minimum atomic E-state index is -0.463. The molecule has 0 atom stereocenters. The van der Waals surface area contributed by atoms with Crippen LogP contribution in [0.15, 0.2) is 35.1 Å². The van der Waals surface area contributed by atoms with Crippen LogP contribution in [0.3, 0.4) is 0 Å². The first-order valence-corrected chi connectivity index (χ1v) is 11.4. The summed E-state index contributed by atoms with van der Waals surface area (Å²) in [6.45, 7) is 12.9. The monoisotopic (exact) mass is 442 g/mol. The van der Waals surface area contributed by atoms with E-state index in [1.165, 1.54) is 16.8 Å². The molecule has 1 N–H and O–H groups in total. The number of amides is 1. The first-order valence-electron chi connectivity index (χ1n) is 11.4. The Morgan fingerprint density at radius 2 is 1.84 bits per heavy atom. The summed E-state index contributed by atoms with van der Waals surface area (Å²) in [5.41, 5.74) is -0.210. The molecule has 2 aromatic rings. The van der Waals surface area contributed by atoms with E-state index >= 15 is 0 Å². The summed E-state index contributed by atoms with van der Waals surface area (Å²) < 4.78 is 15.8. The molecule has 0 aliphatic carbocycles. The lowest BCUT2D eigenvalue weighted by atomic mass is 9.79. The number of halogens is 1. The Hall–Kier alpha value is -2.54. The number of nitrogens with one attached hydrogen (secondary N) is 1. The Labute approximate surface area is 189 Å². The van der Waals surface area contributed by atoms with Crippen molar-refractivity contribution in [2.24, 2.45) is 0 Å². The van der Waals surface area contributed by atoms with Crippen molar-refractivity contribution >= 4 is 5.91 Å². The number of carbonyl (C=O) groups excluding carboxylic acids is 1. The number of piperidine rings is 1. The third-order valence-electron chi connectivity index (χ3n) is 6.01. The van der Waals surface area contributed by atoms with Gasteiger partial charge in [0.25, 0.3) is 5.91 Å². The first kappa shape index (κ1) is 24.1. The van der Waals surface area contributed by atoms with E-state index < -0.39 is 11.2 Å². The van der Waals surface area contributed by atoms with E-state index in [1.807, 2.05) is 4.90 Å². The van der Waals surface area contributed by atoms with Crippen molar-refractivity contribution in [3.63, 3.8) is 0 Å². The normalized spacial score (nSPS) is 17.8. The quantitative estimate of drug-likeness (QED) is 0.727. The molecular formula is C25H35FN4O2. The van der Waals surface area contributed by atoms with Gasteiger partial charge in [0, 0.05) is 35.4 Å². The van der Waals surface area contributed by atoms with E-state index in [4.69, 9.17) is 0 Å². The predicted octanol–water partition coefficient (Wildman–Crippen LogP) is 4.23. The van der Waals surface area contributed by atoms with Crippen molar-refractivity contribution < 1.29 is 9.18 Å². The van der Waals surface area contributed by atoms with E-state index in [9.17, 15) is 14.0 Å². The first-order chi connectivity index (χ1) is 14.9. The lowest BCUT2D eigenvalue weighted by molar-refractivity contribution is 0.0434. The molecule has 1 aliphatic heterocycles. The molecule has 1 aromatic heterocycles. The van der Waals surface area contributed by atoms with Crippen molar-refractivity contribution in [2.45, 2.75) is 84.3 Å². The number of rotatable bonds is 6. The molecule has 1 aromatic carbocycles. The average Bonchev–Trinajstić information content (AvgIpc) is 2.66. The van der Waals surface area contributed by atoms with Gasteiger partial charge in [-0.1, -0.05) is 25.5 Å². The van der Waals surface area contributed by atoms with Gasteiger partial charge >= 0.3 is 0 Å². The maximum absolute atomic E-state index is 14.4. The molecule has 7 heteroatoms. The highest BCUT2D eigenvalue weighted by molar-refractivity contribution is 5.92. The van der Waals surface area contributed by atoms with E-state index in [-0.39, 0.29) is 34.4 Å². The van der Waals surface area contributed by atoms with Crippen molar-refractivity contribution in [1.82, 2.24) is 20.0 Å². The summed E-state index contributed by atoms with van der Waals surface area (Å²) in [5.74, 6) is -0.845. The zero-order chi connectivity index (χ0) is 23.7. The van der Waals surface area contributed by atoms with Crippen molar-refractivity contribution in [1.29, 1.82) is 0 Å². The number of aromatic nitrogens is 2. The molecule has 0 bridgehead atoms. The van der Waals surface area contributed by atoms with Gasteiger partial charge in [-0.25, -0.2) is 9.07 Å². The van der Waals surface area contributed by atoms with Crippen LogP contribution in [-0.2, 0) is 0 Å². The zero-order valence-electron chi connectivity index (χ0n) is 20.0. The summed E-state index contributed by atoms with van der Waals surface area (Å²) in [6.07, 6.45) is 3.32. The van der Waals surface area contributed by atoms with Gasteiger partial charge < -0.3 is 10.2 Å². The molecule has 32 heavy (non-hydrogen) atoms. The summed E-state index contributed by atoms with van der Waals surface area (Å²) >= 11 is 0. The molecule has 174 valence electrons. The fourth-order valence-corrected chi connectivity index (χ4v) is 4.97. The van der Waals surface area contributed by atoms with Crippen molar-refractivity contribution in [3.05, 3.63) is 57.8 Å². The van der Waals surface area contributed by atoms with E-state index in [0.717, 1.165) is 25.7 Å². The third kappa shape index (κ3) is 5.26. The Morgan fingerprint density at radius 3 is 2.44 bits per heavy atom. The number of nitrogens with zero attached hydrogens (tertiary/aromatic N) is 3. The Balaban J connectivity index is 2.04. The molecule has 1 amide bonds. The highest BCUT2D eigenvalue weighted by atomic mass is 19.1. The van der Waals surface area contributed by atoms with Crippen molar-refractivity contribution in [2.75, 3.05) is 6.54 Å². The zero-order valence-corrected chi connectivity index (χ0v) is 20.0. The van der Waals surface area contributed by atoms with Crippen LogP contribution in [0.2, 0.25) is 0 Å². The second kappa shape index (κ2) is 9.14. The van der Waals surface area contributed by atoms with Gasteiger partial charge in [0.2, 0.25) is 5.43 Å². The standard InChI is InChI=1S/C25H35FN4O2/c1-7-8-13-29(18-15-24(3,4)28-25(5,6)16-18)23(32)22-21(31)14-17(2)30(27-22)20-12-10-9-11-19(20)26/h9-12,14,18,28H,7-8,13,15-16H2,1-6H3. The number of hydrogen-bond acceptors (Lipinski definition) is 4. The summed E-state index contributed by atoms with van der Waals surface area (Å²) in [5, 5.41) is 8.00. The van der Waals surface area contributed by atoms with E-state index in [1.54, 1.807) is 25.1 Å². The summed E-state index contributed by atoms with van der Waals surface area (Å²) in [6, 6.07) is 7.55. The fourth-order valence-electron chi connectivity index (χ4n) is 4.97. The molecule has 0 radical (unpaired) electrons. The number of carbonyl (C=O) groups is 1. The maximum Gasteiger partial charge on any atom is 0.278 e. The molecule has 1 saturated heterocycles. The Kier molecular flexibility index (Phi) is 6.89. The van der Waals surface area contributed by atoms with Gasteiger partial charge in [-0.2, -0.15) is 5.10 Å². The van der Waals surface area contributed by atoms with Gasteiger partial charge in [-0.15, -0.1) is 0 Å². The molecule has 3 rings (SSSR count). The molecule has 0 saturated carbocycles. The minimum absolute atomic E-state index is 0.0234. The SMILES string of the molecule is CCCCN(C(=O)c1nn(-c2ccccc2F)c(C)cc1=O)C1CC(C)(C)NC(C)(C)C1. The van der Waals surface area contributed by atoms with Gasteiger partial charge in [0.1, 0.15) is 11.5 Å². The van der Waals surface area contributed by atoms with Gasteiger partial charge in [0.15, 0.2) is 5.69 Å². The van der Waals surface area contributed by atoms with E-state index in [2.05, 4.69) is 45.0 Å². The highest BCUT2D eigenvalue weighted by Crippen LogP contribution is 2.32. The van der Waals surface area contributed by atoms with Crippen molar-refractivity contribution in [3.8, 4) is 5.69 Å². The fraction of sp³-hybridized carbons (Fsp3) is 0.560. The number of benzene rings is 1. The lowest BCUT2D eigenvalue weighted by Gasteiger charge is -2.49. The number of aryl methyl sites for hydroxylation is 1. The molecule has 1 aliphatic rings. The van der Waals surface area contributed by atoms with Crippen LogP contribution in [0.1, 0.15) is 76.5 Å². The molecular weight excluding hydrogens is 407 g/mol. The maximum atomic E-state index is 14.4. The predicted molar refractivity (Wildman–Crippen MR) is 125 cm³/mol. The lowest BCUT2D eigenvalue weighted by Crippen LogP contribution is -2.63. The molecule has 0 spiro atoms. The largest absolute Gasteiger partial charge is 0.334 e. The van der Waals surface area contributed by atoms with E-state index in [0.29, 0.717) is 12.2 Å². The van der Waals surface area contributed by atoms with Gasteiger partial charge in [-0.05, 0) is 66.0 Å². The highest BCUT2D eigenvalue weighted by Gasteiger charge is 2.41. The average molecular weight is 443 g/mol. The second-order valence-corrected chi connectivity index (χ2v) is 10.2.